The van der Waals surface area contributed by atoms with Crippen LogP contribution in [0.5, 0.6) is 0 Å². The molecule has 1 aliphatic heterocycles. The lowest BCUT2D eigenvalue weighted by atomic mass is 9.33. The average molecular weight is 700 g/mol. The number of fused-ring (bicyclic) bond motifs is 7. The molecular formula is C44H65N3O4. The van der Waals surface area contributed by atoms with Gasteiger partial charge in [0.15, 0.2) is 0 Å². The Kier molecular flexibility index (Phi) is 9.38. The molecule has 5 fully saturated rings. The van der Waals surface area contributed by atoms with Gasteiger partial charge in [0.05, 0.1) is 12.7 Å². The van der Waals surface area contributed by atoms with Crippen molar-refractivity contribution in [3.8, 4) is 0 Å². The number of benzene rings is 1. The highest BCUT2D eigenvalue weighted by Gasteiger charge is 2.70. The molecule has 7 nitrogen and oxygen atoms in total. The number of carboxylic acid groups (broad SMARTS) is 1. The Balaban J connectivity index is 1.12. The van der Waals surface area contributed by atoms with Crippen LogP contribution in [0.25, 0.3) is 5.57 Å². The van der Waals surface area contributed by atoms with Crippen molar-refractivity contribution in [1.82, 2.24) is 15.1 Å². The molecule has 6 aliphatic rings. The molecule has 51 heavy (non-hydrogen) atoms. The number of ether oxygens (including phenoxy) is 1. The second kappa shape index (κ2) is 13.0. The Morgan fingerprint density at radius 1 is 0.902 bits per heavy atom. The minimum atomic E-state index is -0.792. The van der Waals surface area contributed by atoms with Crippen molar-refractivity contribution in [3.05, 3.63) is 53.6 Å². The van der Waals surface area contributed by atoms with Crippen LogP contribution in [-0.4, -0.2) is 78.9 Å². The largest absolute Gasteiger partial charge is 0.465 e. The van der Waals surface area contributed by atoms with Gasteiger partial charge in [-0.05, 0) is 139 Å². The summed E-state index contributed by atoms with van der Waals surface area (Å²) in [6.07, 6.45) is 13.2. The maximum atomic E-state index is 12.1. The van der Waals surface area contributed by atoms with E-state index in [1.54, 1.807) is 4.90 Å². The van der Waals surface area contributed by atoms with Gasteiger partial charge in [0.2, 0.25) is 0 Å². The van der Waals surface area contributed by atoms with E-state index in [0.29, 0.717) is 59.1 Å². The maximum absolute atomic E-state index is 12.1. The van der Waals surface area contributed by atoms with Gasteiger partial charge in [-0.15, -0.1) is 0 Å². The molecule has 0 aromatic heterocycles. The van der Waals surface area contributed by atoms with Crippen LogP contribution in [0.15, 0.2) is 42.5 Å². The molecule has 1 aromatic rings. The van der Waals surface area contributed by atoms with Crippen molar-refractivity contribution in [2.45, 2.75) is 105 Å². The minimum absolute atomic E-state index is 0.0429. The van der Waals surface area contributed by atoms with Gasteiger partial charge in [0.25, 0.3) is 0 Å². The van der Waals surface area contributed by atoms with E-state index in [4.69, 9.17) is 4.74 Å². The molecule has 7 rings (SSSR count). The normalized spacial score (nSPS) is 40.3. The smallest absolute Gasteiger partial charge is 0.407 e. The van der Waals surface area contributed by atoms with E-state index in [1.165, 1.54) is 75.2 Å². The summed E-state index contributed by atoms with van der Waals surface area (Å²) in [5, 5.41) is 13.6. The van der Waals surface area contributed by atoms with Crippen molar-refractivity contribution < 1.29 is 19.4 Å². The van der Waals surface area contributed by atoms with Crippen LogP contribution in [0.3, 0.4) is 0 Å². The first kappa shape index (κ1) is 36.7. The summed E-state index contributed by atoms with van der Waals surface area (Å²) in [7, 11) is 1.44. The molecule has 0 bridgehead atoms. The quantitative estimate of drug-likeness (QED) is 0.219. The molecule has 1 heterocycles. The number of nitrogens with zero attached hydrogens (tertiary/aromatic N) is 2. The molecule has 0 radical (unpaired) electrons. The van der Waals surface area contributed by atoms with E-state index >= 15 is 0 Å². The summed E-state index contributed by atoms with van der Waals surface area (Å²) in [5.41, 5.74) is 5.73. The van der Waals surface area contributed by atoms with Gasteiger partial charge in [0.1, 0.15) is 0 Å². The molecule has 9 atom stereocenters. The van der Waals surface area contributed by atoms with Crippen molar-refractivity contribution >= 4 is 17.6 Å². The number of allylic oxidation sites excluding steroid dienone is 3. The van der Waals surface area contributed by atoms with Crippen LogP contribution < -0.4 is 5.32 Å². The standard InChI is InChI=1S/C44H65N3O4/c1-29(2)32-15-20-44(45-23-24-46-25-27-47(28-26-46)39(49)50)22-21-42(6)34(37(32)44)13-14-36-41(5)18-16-33(30-9-11-31(12-10-30)38(48)51-8)40(3,4)35(41)17-19-43(36,42)7/h9-12,16,32,34-37,45H,1,13-15,17-28H2,2-8H3,(H,49,50)/t32-,34+,35-,36+,37+,41-,42+,43+,44-/m0/s1. The fourth-order valence-corrected chi connectivity index (χ4v) is 14.1. The lowest BCUT2D eigenvalue weighted by molar-refractivity contribution is -0.219. The van der Waals surface area contributed by atoms with Crippen LogP contribution in [0, 0.1) is 51.2 Å². The SMILES string of the molecule is C=C(C)[C@@H]1CC[C@]2(NCCN3CCN(C(=O)O)CC3)CC[C@]3(C)[C@H](CC[C@@H]4[C@@]5(C)CC=C(c6ccc(C(=O)OC)cc6)C(C)(C)[C@@H]5CC[C@]43C)[C@@H]12. The Bertz CT molecular complexity index is 1560. The Labute approximate surface area is 307 Å². The summed E-state index contributed by atoms with van der Waals surface area (Å²) in [5.74, 6) is 2.93. The van der Waals surface area contributed by atoms with E-state index in [-0.39, 0.29) is 22.3 Å². The number of amides is 1. The van der Waals surface area contributed by atoms with Crippen LogP contribution in [0.1, 0.15) is 115 Å². The monoisotopic (exact) mass is 699 g/mol. The summed E-state index contributed by atoms with van der Waals surface area (Å²) in [4.78, 5) is 27.6. The highest BCUT2D eigenvalue weighted by molar-refractivity contribution is 5.90. The zero-order valence-electron chi connectivity index (χ0n) is 32.7. The fraction of sp³-hybridized carbons (Fsp3) is 0.727. The molecule has 2 N–H and O–H groups in total. The van der Waals surface area contributed by atoms with Crippen LogP contribution >= 0.6 is 0 Å². The Morgan fingerprint density at radius 2 is 1.61 bits per heavy atom. The number of hydrogen-bond acceptors (Lipinski definition) is 5. The van der Waals surface area contributed by atoms with Crippen molar-refractivity contribution in [1.29, 1.82) is 0 Å². The predicted octanol–water partition coefficient (Wildman–Crippen LogP) is 8.76. The maximum Gasteiger partial charge on any atom is 0.407 e. The zero-order chi connectivity index (χ0) is 36.6. The third kappa shape index (κ3) is 5.65. The number of rotatable bonds is 7. The van der Waals surface area contributed by atoms with Gasteiger partial charge < -0.3 is 20.1 Å². The lowest BCUT2D eigenvalue weighted by Gasteiger charge is -2.72. The Hall–Kier alpha value is -2.64. The van der Waals surface area contributed by atoms with Gasteiger partial charge >= 0.3 is 12.1 Å². The summed E-state index contributed by atoms with van der Waals surface area (Å²) < 4.78 is 4.97. The molecule has 1 amide bonds. The average Bonchev–Trinajstić information content (AvgIpc) is 3.48. The van der Waals surface area contributed by atoms with Gasteiger partial charge in [0, 0.05) is 44.8 Å². The van der Waals surface area contributed by atoms with Gasteiger partial charge in [-0.3, -0.25) is 4.90 Å². The zero-order valence-corrected chi connectivity index (χ0v) is 32.7. The van der Waals surface area contributed by atoms with Crippen LogP contribution in [-0.2, 0) is 4.74 Å². The molecule has 4 saturated carbocycles. The number of esters is 1. The molecule has 0 spiro atoms. The topological polar surface area (TPSA) is 82.1 Å². The lowest BCUT2D eigenvalue weighted by Crippen LogP contribution is -2.68. The molecule has 280 valence electrons. The fourth-order valence-electron chi connectivity index (χ4n) is 14.1. The summed E-state index contributed by atoms with van der Waals surface area (Å²) in [6.45, 7) is 24.8. The van der Waals surface area contributed by atoms with Gasteiger partial charge in [-0.1, -0.05) is 65.0 Å². The van der Waals surface area contributed by atoms with Gasteiger partial charge in [-0.25, -0.2) is 9.59 Å². The molecule has 1 aromatic carbocycles. The van der Waals surface area contributed by atoms with Gasteiger partial charge in [-0.2, -0.15) is 0 Å². The number of methoxy groups -OCH3 is 1. The molecule has 1 saturated heterocycles. The van der Waals surface area contributed by atoms with E-state index in [9.17, 15) is 14.7 Å². The number of carbonyl (C=O) groups is 2. The third-order valence-electron chi connectivity index (χ3n) is 16.8. The Morgan fingerprint density at radius 3 is 2.25 bits per heavy atom. The second-order valence-electron chi connectivity index (χ2n) is 19.0. The first-order chi connectivity index (χ1) is 24.1. The molecule has 0 unspecified atom stereocenters. The predicted molar refractivity (Wildman–Crippen MR) is 204 cm³/mol. The highest BCUT2D eigenvalue weighted by atomic mass is 16.5. The number of carbonyl (C=O) groups excluding carboxylic acids is 1. The third-order valence-corrected chi connectivity index (χ3v) is 16.8. The highest BCUT2D eigenvalue weighted by Crippen LogP contribution is 2.76. The van der Waals surface area contributed by atoms with Crippen molar-refractivity contribution in [2.24, 2.45) is 51.2 Å². The first-order valence-electron chi connectivity index (χ1n) is 20.1. The summed E-state index contributed by atoms with van der Waals surface area (Å²) in [6, 6.07) is 8.10. The number of piperazine rings is 1. The first-order valence-corrected chi connectivity index (χ1v) is 20.1. The summed E-state index contributed by atoms with van der Waals surface area (Å²) >= 11 is 0. The van der Waals surface area contributed by atoms with E-state index in [2.05, 4.69) is 76.5 Å². The van der Waals surface area contributed by atoms with Crippen LogP contribution in [0.2, 0.25) is 0 Å². The van der Waals surface area contributed by atoms with E-state index < -0.39 is 6.09 Å². The van der Waals surface area contributed by atoms with Crippen LogP contribution in [0.4, 0.5) is 4.79 Å². The van der Waals surface area contributed by atoms with Crippen molar-refractivity contribution in [3.63, 3.8) is 0 Å². The van der Waals surface area contributed by atoms with Crippen molar-refractivity contribution in [2.75, 3.05) is 46.4 Å². The molecular weight excluding hydrogens is 635 g/mol. The van der Waals surface area contributed by atoms with E-state index in [1.807, 2.05) is 12.1 Å². The number of hydrogen-bond donors (Lipinski definition) is 2. The van der Waals surface area contributed by atoms with E-state index in [0.717, 1.165) is 32.6 Å². The molecule has 7 heteroatoms. The minimum Gasteiger partial charge on any atom is -0.465 e. The number of nitrogens with one attached hydrogen (secondary N) is 1. The molecule has 5 aliphatic carbocycles. The second-order valence-corrected chi connectivity index (χ2v) is 19.0.